The standard InChI is InChI=1S/C22H28N2O4/c1-23(2)12-13-24-19(14-8-10-15(27-3)11-9-14)18-20(25)16-6-4-5-7-17(16)28-21(18)22(24)26/h8-11,16-17,19H,4-7,12-13H2,1-3H3. The van der Waals surface area contributed by atoms with Crippen LogP contribution in [0.25, 0.3) is 0 Å². The van der Waals surface area contributed by atoms with Crippen LogP contribution in [-0.4, -0.2) is 61.9 Å². The molecule has 3 atom stereocenters. The highest BCUT2D eigenvalue weighted by molar-refractivity contribution is 6.11. The maximum absolute atomic E-state index is 13.4. The summed E-state index contributed by atoms with van der Waals surface area (Å²) in [7, 11) is 5.58. The van der Waals surface area contributed by atoms with Crippen molar-refractivity contribution in [2.75, 3.05) is 34.3 Å². The second-order valence-electron chi connectivity index (χ2n) is 8.13. The van der Waals surface area contributed by atoms with Crippen LogP contribution >= 0.6 is 0 Å². The van der Waals surface area contributed by atoms with Gasteiger partial charge in [-0.25, -0.2) is 0 Å². The van der Waals surface area contributed by atoms with Crippen LogP contribution in [0.2, 0.25) is 0 Å². The van der Waals surface area contributed by atoms with E-state index in [1.165, 1.54) is 0 Å². The van der Waals surface area contributed by atoms with Crippen LogP contribution in [-0.2, 0) is 14.3 Å². The van der Waals surface area contributed by atoms with Crippen molar-refractivity contribution in [1.82, 2.24) is 9.80 Å². The molecule has 4 rings (SSSR count). The Morgan fingerprint density at radius 3 is 2.54 bits per heavy atom. The summed E-state index contributed by atoms with van der Waals surface area (Å²) < 4.78 is 11.4. The van der Waals surface area contributed by atoms with Crippen LogP contribution in [0.4, 0.5) is 0 Å². The van der Waals surface area contributed by atoms with Gasteiger partial charge in [0.2, 0.25) is 0 Å². The quantitative estimate of drug-likeness (QED) is 0.781. The van der Waals surface area contributed by atoms with E-state index in [4.69, 9.17) is 9.47 Å². The Hall–Kier alpha value is -2.34. The summed E-state index contributed by atoms with van der Waals surface area (Å²) in [6.07, 6.45) is 3.66. The molecule has 0 bridgehead atoms. The molecule has 2 heterocycles. The van der Waals surface area contributed by atoms with Crippen LogP contribution in [0.1, 0.15) is 37.3 Å². The Labute approximate surface area is 166 Å². The minimum atomic E-state index is -0.385. The van der Waals surface area contributed by atoms with E-state index in [1.807, 2.05) is 43.3 Å². The van der Waals surface area contributed by atoms with Crippen molar-refractivity contribution in [3.05, 3.63) is 41.2 Å². The molecule has 3 aliphatic rings. The summed E-state index contributed by atoms with van der Waals surface area (Å²) in [6.45, 7) is 1.27. The molecular weight excluding hydrogens is 356 g/mol. The molecule has 2 aliphatic heterocycles. The average Bonchev–Trinajstić information content (AvgIpc) is 2.99. The van der Waals surface area contributed by atoms with Crippen molar-refractivity contribution in [2.24, 2.45) is 5.92 Å². The van der Waals surface area contributed by atoms with Gasteiger partial charge in [0.05, 0.1) is 24.6 Å². The van der Waals surface area contributed by atoms with Gasteiger partial charge in [-0.05, 0) is 51.1 Å². The first-order chi connectivity index (χ1) is 13.5. The molecule has 6 heteroatoms. The highest BCUT2D eigenvalue weighted by atomic mass is 16.5. The molecule has 3 unspecified atom stereocenters. The number of likely N-dealkylation sites (N-methyl/N-ethyl adjacent to an activating group) is 1. The number of hydrogen-bond donors (Lipinski definition) is 0. The molecule has 6 nitrogen and oxygen atoms in total. The van der Waals surface area contributed by atoms with Crippen LogP contribution in [0.15, 0.2) is 35.6 Å². The van der Waals surface area contributed by atoms with Crippen molar-refractivity contribution >= 4 is 11.7 Å². The van der Waals surface area contributed by atoms with Crippen LogP contribution < -0.4 is 4.74 Å². The number of fused-ring (bicyclic) bond motifs is 1. The lowest BCUT2D eigenvalue weighted by Crippen LogP contribution is -2.39. The molecule has 0 radical (unpaired) electrons. The monoisotopic (exact) mass is 384 g/mol. The summed E-state index contributed by atoms with van der Waals surface area (Å²) in [6, 6.07) is 7.24. The number of carbonyl (C=O) groups excluding carboxylic acids is 2. The van der Waals surface area contributed by atoms with E-state index < -0.39 is 0 Å². The first kappa shape index (κ1) is 19.0. The topological polar surface area (TPSA) is 59.1 Å². The SMILES string of the molecule is COc1ccc(C2C3=C(OC4CCCCC4C3=O)C(=O)N2CCN(C)C)cc1. The largest absolute Gasteiger partial charge is 0.497 e. The Kier molecular flexibility index (Phi) is 5.15. The number of ketones is 1. The molecule has 1 saturated carbocycles. The number of rotatable bonds is 5. The number of carbonyl (C=O) groups is 2. The third-order valence-electron chi connectivity index (χ3n) is 6.08. The summed E-state index contributed by atoms with van der Waals surface area (Å²) in [5.74, 6) is 0.866. The fraction of sp³-hybridized carbons (Fsp3) is 0.545. The molecule has 28 heavy (non-hydrogen) atoms. The Morgan fingerprint density at radius 1 is 1.14 bits per heavy atom. The summed E-state index contributed by atoms with van der Waals surface area (Å²) in [5.41, 5.74) is 1.47. The molecule has 0 N–H and O–H groups in total. The van der Waals surface area contributed by atoms with Gasteiger partial charge in [-0.1, -0.05) is 18.6 Å². The number of Topliss-reactive ketones (excluding diaryl/α,β-unsaturated/α-hetero) is 1. The van der Waals surface area contributed by atoms with Crippen molar-refractivity contribution in [3.8, 4) is 5.75 Å². The highest BCUT2D eigenvalue weighted by Crippen LogP contribution is 2.46. The number of benzene rings is 1. The lowest BCUT2D eigenvalue weighted by Gasteiger charge is -2.35. The predicted octanol–water partition coefficient (Wildman–Crippen LogP) is 2.55. The second-order valence-corrected chi connectivity index (χ2v) is 8.13. The van der Waals surface area contributed by atoms with Crippen molar-refractivity contribution in [2.45, 2.75) is 37.8 Å². The number of nitrogens with zero attached hydrogens (tertiary/aromatic N) is 2. The third-order valence-corrected chi connectivity index (χ3v) is 6.08. The molecule has 1 amide bonds. The van der Waals surface area contributed by atoms with Crippen LogP contribution in [0, 0.1) is 5.92 Å². The Morgan fingerprint density at radius 2 is 1.86 bits per heavy atom. The van der Waals surface area contributed by atoms with Gasteiger partial charge in [-0.3, -0.25) is 9.59 Å². The molecule has 1 aromatic rings. The Balaban J connectivity index is 1.74. The molecule has 1 aromatic carbocycles. The maximum Gasteiger partial charge on any atom is 0.290 e. The van der Waals surface area contributed by atoms with Gasteiger partial charge in [0, 0.05) is 13.1 Å². The highest BCUT2D eigenvalue weighted by Gasteiger charge is 2.51. The van der Waals surface area contributed by atoms with E-state index in [0.29, 0.717) is 12.1 Å². The van der Waals surface area contributed by atoms with Gasteiger partial charge >= 0.3 is 0 Å². The number of hydrogen-bond acceptors (Lipinski definition) is 5. The normalized spacial score (nSPS) is 27.0. The third kappa shape index (κ3) is 3.20. The minimum absolute atomic E-state index is 0.104. The van der Waals surface area contributed by atoms with E-state index in [0.717, 1.165) is 43.5 Å². The lowest BCUT2D eigenvalue weighted by molar-refractivity contribution is -0.135. The molecule has 0 aromatic heterocycles. The van der Waals surface area contributed by atoms with Crippen LogP contribution in [0.3, 0.4) is 0 Å². The maximum atomic E-state index is 13.4. The van der Waals surface area contributed by atoms with Gasteiger partial charge in [0.15, 0.2) is 11.5 Å². The van der Waals surface area contributed by atoms with Crippen LogP contribution in [0.5, 0.6) is 5.75 Å². The van der Waals surface area contributed by atoms with E-state index in [2.05, 4.69) is 0 Å². The molecule has 1 aliphatic carbocycles. The molecular formula is C22H28N2O4. The first-order valence-corrected chi connectivity index (χ1v) is 10.1. The number of methoxy groups -OCH3 is 1. The fourth-order valence-corrected chi connectivity index (χ4v) is 4.56. The summed E-state index contributed by atoms with van der Waals surface area (Å²) in [4.78, 5) is 30.5. The van der Waals surface area contributed by atoms with Crippen molar-refractivity contribution < 1.29 is 19.1 Å². The zero-order chi connectivity index (χ0) is 19.8. The lowest BCUT2D eigenvalue weighted by atomic mass is 9.77. The summed E-state index contributed by atoms with van der Waals surface area (Å²) in [5, 5.41) is 0. The van der Waals surface area contributed by atoms with Gasteiger partial charge in [0.1, 0.15) is 11.9 Å². The average molecular weight is 384 g/mol. The van der Waals surface area contributed by atoms with Gasteiger partial charge in [-0.15, -0.1) is 0 Å². The van der Waals surface area contributed by atoms with E-state index in [9.17, 15) is 9.59 Å². The second kappa shape index (κ2) is 7.59. The fourth-order valence-electron chi connectivity index (χ4n) is 4.56. The van der Waals surface area contributed by atoms with Gasteiger partial charge < -0.3 is 19.3 Å². The predicted molar refractivity (Wildman–Crippen MR) is 105 cm³/mol. The zero-order valence-electron chi connectivity index (χ0n) is 16.8. The van der Waals surface area contributed by atoms with Gasteiger partial charge in [-0.2, -0.15) is 0 Å². The van der Waals surface area contributed by atoms with Gasteiger partial charge in [0.25, 0.3) is 5.91 Å². The molecule has 1 fully saturated rings. The summed E-state index contributed by atoms with van der Waals surface area (Å²) >= 11 is 0. The molecule has 0 saturated heterocycles. The van der Waals surface area contributed by atoms with Crippen molar-refractivity contribution in [1.29, 1.82) is 0 Å². The first-order valence-electron chi connectivity index (χ1n) is 10.1. The van der Waals surface area contributed by atoms with E-state index in [-0.39, 0.29) is 35.5 Å². The number of ether oxygens (including phenoxy) is 2. The minimum Gasteiger partial charge on any atom is -0.497 e. The molecule has 150 valence electrons. The zero-order valence-corrected chi connectivity index (χ0v) is 16.8. The molecule has 0 spiro atoms. The van der Waals surface area contributed by atoms with E-state index >= 15 is 0 Å². The smallest absolute Gasteiger partial charge is 0.290 e. The van der Waals surface area contributed by atoms with E-state index in [1.54, 1.807) is 12.0 Å². The Bertz CT molecular complexity index is 799. The number of amides is 1. The van der Waals surface area contributed by atoms with Crippen molar-refractivity contribution in [3.63, 3.8) is 0 Å².